The predicted octanol–water partition coefficient (Wildman–Crippen LogP) is 3.89. The highest BCUT2D eigenvalue weighted by atomic mass is 32.1. The largest absolute Gasteiger partial charge is 0.356 e. The van der Waals surface area contributed by atoms with E-state index in [1.54, 1.807) is 4.57 Å². The molecule has 6 nitrogen and oxygen atoms in total. The molecule has 1 atom stereocenters. The molecule has 1 aliphatic rings. The van der Waals surface area contributed by atoms with Gasteiger partial charge < -0.3 is 10.2 Å². The molecule has 3 aromatic rings. The van der Waals surface area contributed by atoms with Crippen LogP contribution in [0.3, 0.4) is 0 Å². The normalized spacial score (nSPS) is 16.7. The molecule has 1 N–H and O–H groups in total. The molecular weight excluding hydrogens is 408 g/mol. The number of nitrogens with zero attached hydrogens (tertiary/aromatic N) is 3. The van der Waals surface area contributed by atoms with Gasteiger partial charge in [-0.15, -0.1) is 11.3 Å². The van der Waals surface area contributed by atoms with Crippen LogP contribution >= 0.6 is 11.3 Å². The van der Waals surface area contributed by atoms with Gasteiger partial charge in [-0.1, -0.05) is 44.2 Å². The zero-order valence-corrected chi connectivity index (χ0v) is 19.0. The second kappa shape index (κ2) is 9.64. The third-order valence-corrected chi connectivity index (χ3v) is 6.72. The van der Waals surface area contributed by atoms with E-state index < -0.39 is 0 Å². The Hall–Kier alpha value is -2.67. The summed E-state index contributed by atoms with van der Waals surface area (Å²) in [6, 6.07) is 11.9. The van der Waals surface area contributed by atoms with E-state index in [1.807, 2.05) is 41.8 Å². The Kier molecular flexibility index (Phi) is 6.70. The lowest BCUT2D eigenvalue weighted by Gasteiger charge is -2.34. The van der Waals surface area contributed by atoms with Gasteiger partial charge in [-0.05, 0) is 42.2 Å². The van der Waals surface area contributed by atoms with Crippen molar-refractivity contribution in [3.63, 3.8) is 0 Å². The Labute approximate surface area is 186 Å². The highest BCUT2D eigenvalue weighted by molar-refractivity contribution is 7.17. The smallest absolute Gasteiger partial charge is 0.273 e. The molecule has 3 heterocycles. The van der Waals surface area contributed by atoms with Gasteiger partial charge >= 0.3 is 0 Å². The minimum absolute atomic E-state index is 0.0117. The Balaban J connectivity index is 1.61. The number of rotatable bonds is 7. The van der Waals surface area contributed by atoms with Gasteiger partial charge in [0.05, 0.1) is 18.0 Å². The lowest BCUT2D eigenvalue weighted by Crippen LogP contribution is -2.45. The van der Waals surface area contributed by atoms with E-state index >= 15 is 0 Å². The Morgan fingerprint density at radius 1 is 1.26 bits per heavy atom. The number of hydrogen-bond acceptors (Lipinski definition) is 5. The first-order valence-electron chi connectivity index (χ1n) is 11.1. The molecule has 7 heteroatoms. The topological polar surface area (TPSA) is 67.2 Å². The Bertz CT molecular complexity index is 1090. The minimum Gasteiger partial charge on any atom is -0.356 e. The fraction of sp³-hybridized carbons (Fsp3) is 0.458. The molecule has 0 saturated carbocycles. The van der Waals surface area contributed by atoms with Crippen molar-refractivity contribution in [1.82, 2.24) is 14.9 Å². The summed E-state index contributed by atoms with van der Waals surface area (Å²) in [7, 11) is 0. The summed E-state index contributed by atoms with van der Waals surface area (Å²) in [5.41, 5.74) is 1.78. The van der Waals surface area contributed by atoms with Crippen LogP contribution in [0.4, 0.5) is 5.95 Å². The van der Waals surface area contributed by atoms with Gasteiger partial charge in [0.15, 0.2) is 0 Å². The summed E-state index contributed by atoms with van der Waals surface area (Å²) >= 11 is 1.43. The van der Waals surface area contributed by atoms with Crippen LogP contribution in [0.5, 0.6) is 0 Å². The van der Waals surface area contributed by atoms with Crippen LogP contribution < -0.4 is 15.8 Å². The number of benzene rings is 1. The summed E-state index contributed by atoms with van der Waals surface area (Å²) in [5, 5.41) is 5.01. The number of fused-ring (bicyclic) bond motifs is 1. The van der Waals surface area contributed by atoms with Crippen molar-refractivity contribution in [2.24, 2.45) is 11.8 Å². The molecule has 1 unspecified atom stereocenters. The monoisotopic (exact) mass is 438 g/mol. The van der Waals surface area contributed by atoms with Crippen LogP contribution in [-0.4, -0.2) is 35.1 Å². The van der Waals surface area contributed by atoms with Gasteiger partial charge in [0.25, 0.3) is 5.56 Å². The number of piperidine rings is 1. The fourth-order valence-electron chi connectivity index (χ4n) is 4.08. The second-order valence-electron chi connectivity index (χ2n) is 8.68. The van der Waals surface area contributed by atoms with Gasteiger partial charge in [-0.2, -0.15) is 0 Å². The van der Waals surface area contributed by atoms with Crippen molar-refractivity contribution in [2.45, 2.75) is 39.7 Å². The molecule has 1 fully saturated rings. The summed E-state index contributed by atoms with van der Waals surface area (Å²) in [6.45, 7) is 6.89. The summed E-state index contributed by atoms with van der Waals surface area (Å²) < 4.78 is 2.45. The lowest BCUT2D eigenvalue weighted by molar-refractivity contribution is -0.125. The van der Waals surface area contributed by atoms with E-state index in [1.165, 1.54) is 11.3 Å². The summed E-state index contributed by atoms with van der Waals surface area (Å²) in [4.78, 5) is 33.0. The van der Waals surface area contributed by atoms with Gasteiger partial charge in [0.1, 0.15) is 4.70 Å². The van der Waals surface area contributed by atoms with Crippen LogP contribution in [0.25, 0.3) is 10.2 Å². The number of nitrogens with one attached hydrogen (secondary N) is 1. The van der Waals surface area contributed by atoms with E-state index in [4.69, 9.17) is 4.98 Å². The Morgan fingerprint density at radius 3 is 2.84 bits per heavy atom. The SMILES string of the molecule is CC(C)CCNC(=O)C1CCCN(c2nc3ccsc3c(=O)n2Cc2ccccc2)C1. The number of aromatic nitrogens is 2. The van der Waals surface area contributed by atoms with Crippen LogP contribution in [0.15, 0.2) is 46.6 Å². The highest BCUT2D eigenvalue weighted by Crippen LogP contribution is 2.25. The molecule has 2 aromatic heterocycles. The van der Waals surface area contributed by atoms with Crippen molar-refractivity contribution >= 4 is 33.4 Å². The molecule has 0 radical (unpaired) electrons. The van der Waals surface area contributed by atoms with Crippen LogP contribution in [0.1, 0.15) is 38.7 Å². The first kappa shape index (κ1) is 21.6. The van der Waals surface area contributed by atoms with Crippen molar-refractivity contribution in [3.05, 3.63) is 57.7 Å². The molecule has 0 spiro atoms. The van der Waals surface area contributed by atoms with Crippen molar-refractivity contribution in [2.75, 3.05) is 24.5 Å². The zero-order valence-electron chi connectivity index (χ0n) is 18.2. The third kappa shape index (κ3) is 4.98. The van der Waals surface area contributed by atoms with Crippen molar-refractivity contribution in [3.8, 4) is 0 Å². The molecule has 1 aliphatic heterocycles. The molecule has 0 aliphatic carbocycles. The third-order valence-electron chi connectivity index (χ3n) is 5.83. The van der Waals surface area contributed by atoms with E-state index in [-0.39, 0.29) is 17.4 Å². The quantitative estimate of drug-likeness (QED) is 0.608. The number of amides is 1. The zero-order chi connectivity index (χ0) is 21.8. The average Bonchev–Trinajstić information content (AvgIpc) is 3.25. The van der Waals surface area contributed by atoms with Gasteiger partial charge in [0.2, 0.25) is 11.9 Å². The molecule has 1 amide bonds. The molecule has 31 heavy (non-hydrogen) atoms. The molecule has 164 valence electrons. The number of hydrogen-bond donors (Lipinski definition) is 1. The van der Waals surface area contributed by atoms with Crippen LogP contribution in [-0.2, 0) is 11.3 Å². The standard InChI is InChI=1S/C24H30N4O2S/c1-17(2)10-12-25-22(29)19-9-6-13-27(16-19)24-26-20-11-14-31-21(20)23(30)28(24)15-18-7-4-3-5-8-18/h3-5,7-8,11,14,17,19H,6,9-10,12-13,15-16H2,1-2H3,(H,25,29). The molecule has 4 rings (SSSR count). The van der Waals surface area contributed by atoms with E-state index in [2.05, 4.69) is 24.1 Å². The highest BCUT2D eigenvalue weighted by Gasteiger charge is 2.28. The first-order valence-corrected chi connectivity index (χ1v) is 12.0. The van der Waals surface area contributed by atoms with Gasteiger partial charge in [-0.3, -0.25) is 14.2 Å². The maximum absolute atomic E-state index is 13.3. The van der Waals surface area contributed by atoms with Gasteiger partial charge in [-0.25, -0.2) is 4.98 Å². The summed E-state index contributed by atoms with van der Waals surface area (Å²) in [6.07, 6.45) is 2.76. The predicted molar refractivity (Wildman–Crippen MR) is 127 cm³/mol. The number of anilines is 1. The first-order chi connectivity index (χ1) is 15.0. The van der Waals surface area contributed by atoms with Gasteiger partial charge in [0, 0.05) is 19.6 Å². The van der Waals surface area contributed by atoms with E-state index in [0.717, 1.165) is 36.9 Å². The lowest BCUT2D eigenvalue weighted by atomic mass is 9.97. The fourth-order valence-corrected chi connectivity index (χ4v) is 4.86. The van der Waals surface area contributed by atoms with Crippen LogP contribution in [0, 0.1) is 11.8 Å². The minimum atomic E-state index is -0.0823. The Morgan fingerprint density at radius 2 is 2.06 bits per heavy atom. The number of thiophene rings is 1. The van der Waals surface area contributed by atoms with Crippen molar-refractivity contribution in [1.29, 1.82) is 0 Å². The summed E-state index contributed by atoms with van der Waals surface area (Å²) in [5.74, 6) is 1.26. The molecule has 1 saturated heterocycles. The van der Waals surface area contributed by atoms with Crippen LogP contribution in [0.2, 0.25) is 0 Å². The maximum atomic E-state index is 13.3. The average molecular weight is 439 g/mol. The van der Waals surface area contributed by atoms with E-state index in [0.29, 0.717) is 36.2 Å². The second-order valence-corrected chi connectivity index (χ2v) is 9.60. The molecular formula is C24H30N4O2S. The molecule has 0 bridgehead atoms. The van der Waals surface area contributed by atoms with E-state index in [9.17, 15) is 9.59 Å². The van der Waals surface area contributed by atoms with Crippen molar-refractivity contribution < 1.29 is 4.79 Å². The number of carbonyl (C=O) groups is 1. The maximum Gasteiger partial charge on any atom is 0.273 e. The molecule has 1 aromatic carbocycles. The number of carbonyl (C=O) groups excluding carboxylic acids is 1.